The Hall–Kier alpha value is -1.84. The van der Waals surface area contributed by atoms with Crippen molar-refractivity contribution in [3.63, 3.8) is 0 Å². The molecular weight excluding hydrogens is 496 g/mol. The minimum absolute atomic E-state index is 0.320. The van der Waals surface area contributed by atoms with Crippen LogP contribution in [0.5, 0.6) is 0 Å². The molecule has 0 fully saturated rings. The van der Waals surface area contributed by atoms with E-state index in [0.717, 1.165) is 25.7 Å². The molecule has 0 aromatic heterocycles. The molecule has 230 valence electrons. The SMILES string of the molecule is CCCCCCCCCCCCCCOC(=O)c1ccc(C(=O)OCCCCCCCCCCCCCC)cc1. The van der Waals surface area contributed by atoms with Crippen LogP contribution in [0.15, 0.2) is 24.3 Å². The molecule has 0 radical (unpaired) electrons. The number of carbonyl (C=O) groups is 2. The average molecular weight is 559 g/mol. The van der Waals surface area contributed by atoms with Crippen LogP contribution in [0.1, 0.15) is 189 Å². The molecular formula is C36H62O4. The lowest BCUT2D eigenvalue weighted by molar-refractivity contribution is 0.0483. The highest BCUT2D eigenvalue weighted by atomic mass is 16.5. The molecule has 0 bridgehead atoms. The summed E-state index contributed by atoms with van der Waals surface area (Å²) in [5.41, 5.74) is 0.966. The Morgan fingerprint density at radius 3 is 0.875 bits per heavy atom. The molecule has 0 aliphatic heterocycles. The van der Waals surface area contributed by atoms with E-state index in [4.69, 9.17) is 9.47 Å². The second kappa shape index (κ2) is 27.3. The molecule has 0 saturated carbocycles. The van der Waals surface area contributed by atoms with Crippen LogP contribution in [-0.4, -0.2) is 25.2 Å². The molecule has 0 N–H and O–H groups in total. The topological polar surface area (TPSA) is 52.6 Å². The predicted molar refractivity (Wildman–Crippen MR) is 169 cm³/mol. The summed E-state index contributed by atoms with van der Waals surface area (Å²) >= 11 is 0. The number of rotatable bonds is 28. The van der Waals surface area contributed by atoms with Crippen molar-refractivity contribution in [3.05, 3.63) is 35.4 Å². The molecule has 1 aromatic rings. The molecule has 4 heteroatoms. The normalized spacial score (nSPS) is 11.1. The van der Waals surface area contributed by atoms with Crippen molar-refractivity contribution >= 4 is 11.9 Å². The smallest absolute Gasteiger partial charge is 0.338 e. The first-order valence-electron chi connectivity index (χ1n) is 17.1. The maximum atomic E-state index is 12.3. The summed E-state index contributed by atoms with van der Waals surface area (Å²) in [7, 11) is 0. The van der Waals surface area contributed by atoms with Crippen LogP contribution in [0.3, 0.4) is 0 Å². The highest BCUT2D eigenvalue weighted by molar-refractivity contribution is 5.93. The van der Waals surface area contributed by atoms with Gasteiger partial charge in [-0.2, -0.15) is 0 Å². The number of unbranched alkanes of at least 4 members (excludes halogenated alkanes) is 22. The molecule has 4 nitrogen and oxygen atoms in total. The predicted octanol–water partition coefficient (Wildman–Crippen LogP) is 11.4. The molecule has 0 aliphatic rings. The van der Waals surface area contributed by atoms with Crippen molar-refractivity contribution in [2.75, 3.05) is 13.2 Å². The minimum Gasteiger partial charge on any atom is -0.462 e. The van der Waals surface area contributed by atoms with Crippen molar-refractivity contribution in [3.8, 4) is 0 Å². The van der Waals surface area contributed by atoms with Gasteiger partial charge >= 0.3 is 11.9 Å². The van der Waals surface area contributed by atoms with Crippen molar-refractivity contribution in [2.45, 2.75) is 168 Å². The molecule has 0 atom stereocenters. The lowest BCUT2D eigenvalue weighted by Gasteiger charge is -2.07. The number of hydrogen-bond acceptors (Lipinski definition) is 4. The van der Waals surface area contributed by atoms with E-state index in [-0.39, 0.29) is 11.9 Å². The molecule has 1 rings (SSSR count). The maximum Gasteiger partial charge on any atom is 0.338 e. The molecule has 0 spiro atoms. The third-order valence-electron chi connectivity index (χ3n) is 7.82. The summed E-state index contributed by atoms with van der Waals surface area (Å²) in [6.07, 6.45) is 30.8. The zero-order valence-corrected chi connectivity index (χ0v) is 26.3. The van der Waals surface area contributed by atoms with Gasteiger partial charge in [0.15, 0.2) is 0 Å². The first-order valence-corrected chi connectivity index (χ1v) is 17.1. The standard InChI is InChI=1S/C36H62O4/c1-3-5-7-9-11-13-15-17-19-21-23-25-31-39-35(37)33-27-29-34(30-28-33)36(38)40-32-26-24-22-20-18-16-14-12-10-8-6-4-2/h27-30H,3-26,31-32H2,1-2H3. The summed E-state index contributed by atoms with van der Waals surface area (Å²) in [4.78, 5) is 24.6. The Kier molecular flexibility index (Phi) is 24.7. The van der Waals surface area contributed by atoms with E-state index in [1.165, 1.54) is 128 Å². The van der Waals surface area contributed by atoms with Gasteiger partial charge in [-0.15, -0.1) is 0 Å². The average Bonchev–Trinajstić information content (AvgIpc) is 2.97. The summed E-state index contributed by atoms with van der Waals surface area (Å²) < 4.78 is 10.8. The summed E-state index contributed by atoms with van der Waals surface area (Å²) in [6.45, 7) is 5.44. The van der Waals surface area contributed by atoms with Crippen molar-refractivity contribution in [1.82, 2.24) is 0 Å². The van der Waals surface area contributed by atoms with Gasteiger partial charge in [-0.25, -0.2) is 9.59 Å². The van der Waals surface area contributed by atoms with Gasteiger partial charge in [-0.3, -0.25) is 0 Å². The summed E-state index contributed by atoms with van der Waals surface area (Å²) in [5, 5.41) is 0. The van der Waals surface area contributed by atoms with Crippen molar-refractivity contribution < 1.29 is 19.1 Å². The van der Waals surface area contributed by atoms with E-state index < -0.39 is 0 Å². The molecule has 0 saturated heterocycles. The zero-order chi connectivity index (χ0) is 28.9. The van der Waals surface area contributed by atoms with Gasteiger partial charge in [0, 0.05) is 0 Å². The highest BCUT2D eigenvalue weighted by Crippen LogP contribution is 2.14. The molecule has 0 aliphatic carbocycles. The van der Waals surface area contributed by atoms with Gasteiger partial charge in [0.2, 0.25) is 0 Å². The third-order valence-corrected chi connectivity index (χ3v) is 7.82. The molecule has 1 aromatic carbocycles. The zero-order valence-electron chi connectivity index (χ0n) is 26.3. The molecule has 0 heterocycles. The van der Waals surface area contributed by atoms with E-state index in [2.05, 4.69) is 13.8 Å². The largest absolute Gasteiger partial charge is 0.462 e. The maximum absolute atomic E-state index is 12.3. The summed E-state index contributed by atoms with van der Waals surface area (Å²) in [5.74, 6) is -0.640. The van der Waals surface area contributed by atoms with Crippen LogP contribution < -0.4 is 0 Å². The van der Waals surface area contributed by atoms with Crippen molar-refractivity contribution in [2.24, 2.45) is 0 Å². The Morgan fingerprint density at radius 2 is 0.625 bits per heavy atom. The number of ether oxygens (including phenoxy) is 2. The molecule has 40 heavy (non-hydrogen) atoms. The third kappa shape index (κ3) is 21.0. The van der Waals surface area contributed by atoms with Gasteiger partial charge in [0.25, 0.3) is 0 Å². The van der Waals surface area contributed by atoms with Gasteiger partial charge < -0.3 is 9.47 Å². The number of esters is 2. The van der Waals surface area contributed by atoms with Crippen molar-refractivity contribution in [1.29, 1.82) is 0 Å². The number of hydrogen-bond donors (Lipinski definition) is 0. The first-order chi connectivity index (χ1) is 19.7. The van der Waals surface area contributed by atoms with Gasteiger partial charge in [0.1, 0.15) is 0 Å². The van der Waals surface area contributed by atoms with E-state index in [1.807, 2.05) is 0 Å². The van der Waals surface area contributed by atoms with Crippen LogP contribution in [-0.2, 0) is 9.47 Å². The second-order valence-corrected chi connectivity index (χ2v) is 11.6. The van der Waals surface area contributed by atoms with E-state index >= 15 is 0 Å². The Balaban J connectivity index is 1.99. The van der Waals surface area contributed by atoms with Crippen LogP contribution in [0.25, 0.3) is 0 Å². The van der Waals surface area contributed by atoms with Crippen LogP contribution in [0.2, 0.25) is 0 Å². The van der Waals surface area contributed by atoms with Gasteiger partial charge in [-0.1, -0.05) is 155 Å². The monoisotopic (exact) mass is 558 g/mol. The van der Waals surface area contributed by atoms with E-state index in [9.17, 15) is 9.59 Å². The number of benzene rings is 1. The minimum atomic E-state index is -0.320. The molecule has 0 unspecified atom stereocenters. The lowest BCUT2D eigenvalue weighted by atomic mass is 10.1. The Labute approximate surface area is 247 Å². The van der Waals surface area contributed by atoms with Gasteiger partial charge in [0.05, 0.1) is 24.3 Å². The van der Waals surface area contributed by atoms with Crippen LogP contribution in [0, 0.1) is 0 Å². The van der Waals surface area contributed by atoms with E-state index in [1.54, 1.807) is 24.3 Å². The number of carbonyl (C=O) groups excluding carboxylic acids is 2. The van der Waals surface area contributed by atoms with Crippen LogP contribution in [0.4, 0.5) is 0 Å². The second-order valence-electron chi connectivity index (χ2n) is 11.6. The van der Waals surface area contributed by atoms with Gasteiger partial charge in [-0.05, 0) is 37.1 Å². The Bertz CT molecular complexity index is 651. The van der Waals surface area contributed by atoms with E-state index in [0.29, 0.717) is 24.3 Å². The fraction of sp³-hybridized carbons (Fsp3) is 0.778. The molecule has 0 amide bonds. The lowest BCUT2D eigenvalue weighted by Crippen LogP contribution is -2.09. The highest BCUT2D eigenvalue weighted by Gasteiger charge is 2.11. The fourth-order valence-corrected chi connectivity index (χ4v) is 5.12. The fourth-order valence-electron chi connectivity index (χ4n) is 5.12. The quantitative estimate of drug-likeness (QED) is 0.0758. The van der Waals surface area contributed by atoms with Crippen LogP contribution >= 0.6 is 0 Å². The Morgan fingerprint density at radius 1 is 0.400 bits per heavy atom. The summed E-state index contributed by atoms with van der Waals surface area (Å²) in [6, 6.07) is 6.63. The first kappa shape index (κ1) is 36.2.